The number of H-pyrrole nitrogens is 1. The van der Waals surface area contributed by atoms with E-state index in [0.29, 0.717) is 42.6 Å². The lowest BCUT2D eigenvalue weighted by molar-refractivity contribution is -0.133. The third kappa shape index (κ3) is 4.67. The summed E-state index contributed by atoms with van der Waals surface area (Å²) in [6.07, 6.45) is 7.17. The fraction of sp³-hybridized carbons (Fsp3) is 0.565. The number of piperazine rings is 1. The highest BCUT2D eigenvalue weighted by Crippen LogP contribution is 2.36. The number of amides is 1. The van der Waals surface area contributed by atoms with Crippen LogP contribution in [0.2, 0.25) is 10.0 Å². The maximum absolute atomic E-state index is 13.3. The number of halogens is 2. The van der Waals surface area contributed by atoms with Gasteiger partial charge in [0.15, 0.2) is 0 Å². The first kappa shape index (κ1) is 23.9. The van der Waals surface area contributed by atoms with E-state index in [4.69, 9.17) is 23.2 Å². The van der Waals surface area contributed by atoms with Crippen molar-refractivity contribution >= 4 is 44.8 Å². The Morgan fingerprint density at radius 1 is 1.09 bits per heavy atom. The van der Waals surface area contributed by atoms with Crippen molar-refractivity contribution in [1.82, 2.24) is 19.4 Å². The summed E-state index contributed by atoms with van der Waals surface area (Å²) in [7, 11) is -3.18. The normalized spacial score (nSPS) is 24.0. The van der Waals surface area contributed by atoms with Gasteiger partial charge in [0, 0.05) is 66.1 Å². The van der Waals surface area contributed by atoms with Gasteiger partial charge in [-0.1, -0.05) is 23.2 Å². The number of hydrogen-bond donors (Lipinski definition) is 1. The van der Waals surface area contributed by atoms with E-state index in [1.165, 1.54) is 21.8 Å². The first-order chi connectivity index (χ1) is 16.2. The SMILES string of the molecule is CS(=O)(=O)N1CCN(c2cc(Cl)c(C[C@@H]3CCN([C@H]4CCc5[nH]ncc5C4)C3=O)c(Cl)c2)CC1. The number of aromatic nitrogens is 2. The zero-order valence-electron chi connectivity index (χ0n) is 19.1. The van der Waals surface area contributed by atoms with Crippen LogP contribution in [0, 0.1) is 5.92 Å². The average Bonchev–Trinajstić information content (AvgIpc) is 3.41. The van der Waals surface area contributed by atoms with E-state index in [9.17, 15) is 13.2 Å². The average molecular weight is 526 g/mol. The molecule has 184 valence electrons. The maximum Gasteiger partial charge on any atom is 0.226 e. The van der Waals surface area contributed by atoms with Crippen molar-refractivity contribution in [2.45, 2.75) is 38.1 Å². The number of likely N-dealkylation sites (tertiary alicyclic amines) is 1. The lowest BCUT2D eigenvalue weighted by atomic mass is 9.92. The minimum atomic E-state index is -3.18. The molecule has 0 radical (unpaired) electrons. The van der Waals surface area contributed by atoms with Gasteiger partial charge in [0.2, 0.25) is 15.9 Å². The Bertz CT molecular complexity index is 1170. The second kappa shape index (κ2) is 9.33. The Labute approximate surface area is 210 Å². The number of sulfonamides is 1. The van der Waals surface area contributed by atoms with E-state index in [-0.39, 0.29) is 17.9 Å². The van der Waals surface area contributed by atoms with Crippen molar-refractivity contribution in [1.29, 1.82) is 0 Å². The monoisotopic (exact) mass is 525 g/mol. The summed E-state index contributed by atoms with van der Waals surface area (Å²) in [5.74, 6) is 0.0648. The van der Waals surface area contributed by atoms with Crippen LogP contribution in [0.25, 0.3) is 0 Å². The zero-order valence-corrected chi connectivity index (χ0v) is 21.5. The van der Waals surface area contributed by atoms with Crippen molar-refractivity contribution in [2.75, 3.05) is 43.9 Å². The molecule has 0 bridgehead atoms. The molecule has 1 aromatic heterocycles. The molecule has 0 saturated carbocycles. The zero-order chi connectivity index (χ0) is 24.0. The number of carbonyl (C=O) groups is 1. The van der Waals surface area contributed by atoms with Crippen LogP contribution in [0.3, 0.4) is 0 Å². The second-order valence-corrected chi connectivity index (χ2v) is 12.3. The second-order valence-electron chi connectivity index (χ2n) is 9.53. The van der Waals surface area contributed by atoms with E-state index >= 15 is 0 Å². The van der Waals surface area contributed by atoms with Gasteiger partial charge in [0.1, 0.15) is 0 Å². The van der Waals surface area contributed by atoms with Gasteiger partial charge in [-0.3, -0.25) is 9.89 Å². The molecule has 2 fully saturated rings. The molecule has 11 heteroatoms. The summed E-state index contributed by atoms with van der Waals surface area (Å²) in [5.41, 5.74) is 4.09. The van der Waals surface area contributed by atoms with Crippen LogP contribution in [0.4, 0.5) is 5.69 Å². The summed E-state index contributed by atoms with van der Waals surface area (Å²) < 4.78 is 25.0. The molecule has 2 atom stereocenters. The Hall–Kier alpha value is -1.81. The molecule has 2 saturated heterocycles. The Morgan fingerprint density at radius 3 is 2.47 bits per heavy atom. The van der Waals surface area contributed by atoms with Gasteiger partial charge < -0.3 is 9.80 Å². The third-order valence-corrected chi connectivity index (χ3v) is 9.41. The fourth-order valence-corrected chi connectivity index (χ4v) is 6.93. The van der Waals surface area contributed by atoms with Crippen molar-refractivity contribution in [3.8, 4) is 0 Å². The number of aryl methyl sites for hydroxylation is 1. The van der Waals surface area contributed by atoms with Crippen LogP contribution in [0.15, 0.2) is 18.3 Å². The third-order valence-electron chi connectivity index (χ3n) is 7.43. The smallest absolute Gasteiger partial charge is 0.226 e. The molecule has 1 aromatic carbocycles. The van der Waals surface area contributed by atoms with Crippen LogP contribution in [0.5, 0.6) is 0 Å². The van der Waals surface area contributed by atoms with Gasteiger partial charge in [-0.05, 0) is 55.4 Å². The van der Waals surface area contributed by atoms with Crippen molar-refractivity contribution in [3.05, 3.63) is 45.2 Å². The van der Waals surface area contributed by atoms with Gasteiger partial charge in [-0.15, -0.1) is 0 Å². The maximum atomic E-state index is 13.3. The quantitative estimate of drug-likeness (QED) is 0.648. The molecule has 3 heterocycles. The molecular weight excluding hydrogens is 497 g/mol. The summed E-state index contributed by atoms with van der Waals surface area (Å²) in [6, 6.07) is 4.00. The minimum absolute atomic E-state index is 0.120. The lowest BCUT2D eigenvalue weighted by Crippen LogP contribution is -2.48. The van der Waals surface area contributed by atoms with E-state index in [2.05, 4.69) is 15.1 Å². The first-order valence-electron chi connectivity index (χ1n) is 11.7. The molecule has 34 heavy (non-hydrogen) atoms. The highest BCUT2D eigenvalue weighted by Gasteiger charge is 2.38. The van der Waals surface area contributed by atoms with Crippen molar-refractivity contribution in [3.63, 3.8) is 0 Å². The molecule has 0 spiro atoms. The van der Waals surface area contributed by atoms with Crippen molar-refractivity contribution < 1.29 is 13.2 Å². The molecule has 1 N–H and O–H groups in total. The Kier molecular flexibility index (Phi) is 6.56. The van der Waals surface area contributed by atoms with Gasteiger partial charge in [0.05, 0.1) is 12.5 Å². The first-order valence-corrected chi connectivity index (χ1v) is 14.3. The molecule has 1 amide bonds. The molecule has 3 aliphatic rings. The predicted octanol–water partition coefficient (Wildman–Crippen LogP) is 2.75. The number of hydrogen-bond acceptors (Lipinski definition) is 5. The number of rotatable bonds is 5. The molecule has 8 nitrogen and oxygen atoms in total. The van der Waals surface area contributed by atoms with Crippen LogP contribution < -0.4 is 4.90 Å². The number of fused-ring (bicyclic) bond motifs is 1. The minimum Gasteiger partial charge on any atom is -0.369 e. The van der Waals surface area contributed by atoms with Gasteiger partial charge in [0.25, 0.3) is 0 Å². The largest absolute Gasteiger partial charge is 0.369 e. The molecule has 0 unspecified atom stereocenters. The van der Waals surface area contributed by atoms with Gasteiger partial charge in [-0.25, -0.2) is 8.42 Å². The summed E-state index contributed by atoms with van der Waals surface area (Å²) in [5, 5.41) is 8.31. The Morgan fingerprint density at radius 2 is 1.79 bits per heavy atom. The number of aromatic amines is 1. The molecule has 2 aliphatic heterocycles. The molecule has 1 aliphatic carbocycles. The topological polar surface area (TPSA) is 89.6 Å². The van der Waals surface area contributed by atoms with Crippen molar-refractivity contribution in [2.24, 2.45) is 5.92 Å². The number of carbonyl (C=O) groups excluding carboxylic acids is 1. The lowest BCUT2D eigenvalue weighted by Gasteiger charge is -2.35. The van der Waals surface area contributed by atoms with E-state index in [0.717, 1.165) is 43.5 Å². The highest BCUT2D eigenvalue weighted by atomic mass is 35.5. The van der Waals surface area contributed by atoms with Crippen LogP contribution in [-0.4, -0.2) is 78.7 Å². The molecular formula is C23H29Cl2N5O3S. The fourth-order valence-electron chi connectivity index (χ4n) is 5.47. The predicted molar refractivity (Wildman–Crippen MR) is 133 cm³/mol. The van der Waals surface area contributed by atoms with Crippen LogP contribution in [-0.2, 0) is 34.1 Å². The number of anilines is 1. The van der Waals surface area contributed by atoms with Crippen LogP contribution in [0.1, 0.15) is 29.7 Å². The molecule has 5 rings (SSSR count). The summed E-state index contributed by atoms with van der Waals surface area (Å²) in [6.45, 7) is 2.79. The van der Waals surface area contributed by atoms with E-state index in [1.54, 1.807) is 0 Å². The Balaban J connectivity index is 1.24. The molecule has 2 aromatic rings. The number of benzene rings is 1. The van der Waals surface area contributed by atoms with E-state index < -0.39 is 10.0 Å². The number of nitrogens with zero attached hydrogens (tertiary/aromatic N) is 4. The standard InChI is InChI=1S/C23H29Cl2N5O3S/c1-34(32,33)29-8-6-28(7-9-29)18-12-20(24)19(21(25)13-18)11-15-4-5-30(23(15)31)17-2-3-22-16(10-17)14-26-27-22/h12-15,17H,2-11H2,1H3,(H,26,27)/t15-,17-/m0/s1. The van der Waals surface area contributed by atoms with Crippen LogP contribution >= 0.6 is 23.2 Å². The summed E-state index contributed by atoms with van der Waals surface area (Å²) >= 11 is 13.3. The van der Waals surface area contributed by atoms with Gasteiger partial charge >= 0.3 is 0 Å². The van der Waals surface area contributed by atoms with Gasteiger partial charge in [-0.2, -0.15) is 9.40 Å². The highest BCUT2D eigenvalue weighted by molar-refractivity contribution is 7.88. The van der Waals surface area contributed by atoms with E-state index in [1.807, 2.05) is 23.2 Å². The summed E-state index contributed by atoms with van der Waals surface area (Å²) in [4.78, 5) is 17.4. The number of nitrogens with one attached hydrogen (secondary N) is 1.